The quantitative estimate of drug-likeness (QED) is 0.602. The minimum atomic E-state index is 0.605. The van der Waals surface area contributed by atoms with Gasteiger partial charge in [0.15, 0.2) is 0 Å². The van der Waals surface area contributed by atoms with Crippen molar-refractivity contribution in [1.82, 2.24) is 0 Å². The molecule has 2 aromatic rings. The first-order valence-electron chi connectivity index (χ1n) is 4.14. The minimum absolute atomic E-state index is 0.605. The van der Waals surface area contributed by atoms with E-state index in [2.05, 4.69) is 39.0 Å². The molecule has 0 saturated heterocycles. The van der Waals surface area contributed by atoms with Crippen molar-refractivity contribution in [2.24, 2.45) is 0 Å². The van der Waals surface area contributed by atoms with Gasteiger partial charge in [-0.25, -0.2) is 0 Å². The maximum absolute atomic E-state index is 2.34. The van der Waals surface area contributed by atoms with Crippen molar-refractivity contribution in [2.75, 3.05) is 0 Å². The van der Waals surface area contributed by atoms with Crippen LogP contribution >= 0.6 is 0 Å². The molecule has 2 rings (SSSR count). The molecule has 1 aromatic carbocycles. The van der Waals surface area contributed by atoms with Crippen LogP contribution in [-0.2, 0) is 0 Å². The summed E-state index contributed by atoms with van der Waals surface area (Å²) >= 11 is 0.605. The number of rotatable bonds is 0. The van der Waals surface area contributed by atoms with E-state index in [0.29, 0.717) is 14.5 Å². The maximum atomic E-state index is 2.34. The Labute approximate surface area is 79.0 Å². The fourth-order valence-electron chi connectivity index (χ4n) is 1.44. The third kappa shape index (κ3) is 1.24. The van der Waals surface area contributed by atoms with Crippen LogP contribution in [0.25, 0.3) is 9.65 Å². The Bertz CT molecular complexity index is 385. The zero-order valence-electron chi connectivity index (χ0n) is 7.64. The van der Waals surface area contributed by atoms with Gasteiger partial charge in [-0.15, -0.1) is 0 Å². The molecule has 0 spiro atoms. The van der Waals surface area contributed by atoms with Crippen LogP contribution in [0.2, 0.25) is 0 Å². The van der Waals surface area contributed by atoms with Crippen molar-refractivity contribution in [3.05, 3.63) is 33.8 Å². The van der Waals surface area contributed by atoms with Crippen LogP contribution in [0.3, 0.4) is 0 Å². The van der Waals surface area contributed by atoms with Gasteiger partial charge in [0, 0.05) is 0 Å². The Hall–Kier alpha value is -0.521. The molecular weight excluding hydrogens is 211 g/mol. The average Bonchev–Trinajstić information content (AvgIpc) is 2.30. The van der Waals surface area contributed by atoms with E-state index in [4.69, 9.17) is 0 Å². The van der Waals surface area contributed by atoms with Crippen LogP contribution in [0.5, 0.6) is 0 Å². The van der Waals surface area contributed by atoms with Gasteiger partial charge in [0.25, 0.3) is 0 Å². The van der Waals surface area contributed by atoms with E-state index >= 15 is 0 Å². The molecule has 0 aliphatic heterocycles. The summed E-state index contributed by atoms with van der Waals surface area (Å²) in [6.07, 6.45) is 0. The summed E-state index contributed by atoms with van der Waals surface area (Å²) in [7, 11) is 0. The molecule has 62 valence electrons. The summed E-state index contributed by atoms with van der Waals surface area (Å²) in [6.45, 7) is 6.61. The van der Waals surface area contributed by atoms with E-state index < -0.39 is 0 Å². The Balaban J connectivity index is 2.83. The van der Waals surface area contributed by atoms with E-state index in [1.54, 1.807) is 8.70 Å². The van der Waals surface area contributed by atoms with Crippen LogP contribution in [0, 0.1) is 20.8 Å². The Morgan fingerprint density at radius 3 is 2.33 bits per heavy atom. The second-order valence-electron chi connectivity index (χ2n) is 3.33. The monoisotopic (exact) mass is 224 g/mol. The van der Waals surface area contributed by atoms with Gasteiger partial charge in [-0.3, -0.25) is 0 Å². The van der Waals surface area contributed by atoms with Crippen LogP contribution in [-0.4, -0.2) is 14.5 Å². The van der Waals surface area contributed by atoms with Gasteiger partial charge in [0.05, 0.1) is 0 Å². The fourth-order valence-corrected chi connectivity index (χ4v) is 3.54. The molecule has 0 atom stereocenters. The third-order valence-electron chi connectivity index (χ3n) is 2.26. The molecule has 1 heteroatoms. The van der Waals surface area contributed by atoms with Gasteiger partial charge < -0.3 is 0 Å². The number of benzene rings is 1. The van der Waals surface area contributed by atoms with Gasteiger partial charge in [0.2, 0.25) is 0 Å². The van der Waals surface area contributed by atoms with E-state index in [1.807, 2.05) is 0 Å². The Morgan fingerprint density at radius 2 is 1.58 bits per heavy atom. The van der Waals surface area contributed by atoms with Crippen molar-refractivity contribution in [1.29, 1.82) is 0 Å². The van der Waals surface area contributed by atoms with E-state index in [1.165, 1.54) is 16.5 Å². The SMILES string of the molecule is Cc1cc2cc(C)c(C)cc2[se]1. The van der Waals surface area contributed by atoms with E-state index in [9.17, 15) is 0 Å². The first-order valence-corrected chi connectivity index (χ1v) is 5.85. The molecule has 0 fully saturated rings. The fraction of sp³-hybridized carbons (Fsp3) is 0.273. The summed E-state index contributed by atoms with van der Waals surface area (Å²) < 4.78 is 3.10. The van der Waals surface area contributed by atoms with Crippen LogP contribution in [0.4, 0.5) is 0 Å². The predicted octanol–water partition coefficient (Wildman–Crippen LogP) is 2.82. The van der Waals surface area contributed by atoms with Gasteiger partial charge in [-0.05, 0) is 0 Å². The standard InChI is InChI=1S/C11H12Se/c1-7-4-10-6-9(3)12-11(10)5-8(7)2/h4-6H,1-3H3. The average molecular weight is 223 g/mol. The molecule has 0 bridgehead atoms. The summed E-state index contributed by atoms with van der Waals surface area (Å²) in [5, 5.41) is 1.45. The van der Waals surface area contributed by atoms with Crippen molar-refractivity contribution in [3.63, 3.8) is 0 Å². The summed E-state index contributed by atoms with van der Waals surface area (Å²) in [5.41, 5.74) is 2.84. The molecule has 0 aliphatic carbocycles. The second-order valence-corrected chi connectivity index (χ2v) is 6.03. The van der Waals surface area contributed by atoms with Gasteiger partial charge in [-0.2, -0.15) is 0 Å². The number of hydrogen-bond donors (Lipinski definition) is 0. The number of aryl methyl sites for hydroxylation is 3. The molecule has 0 nitrogen and oxygen atoms in total. The Kier molecular flexibility index (Phi) is 1.86. The first-order chi connectivity index (χ1) is 5.66. The van der Waals surface area contributed by atoms with Crippen molar-refractivity contribution < 1.29 is 0 Å². The zero-order valence-corrected chi connectivity index (χ0v) is 9.35. The summed E-state index contributed by atoms with van der Waals surface area (Å²) in [5.74, 6) is 0. The summed E-state index contributed by atoms with van der Waals surface area (Å²) in [4.78, 5) is 0. The molecule has 12 heavy (non-hydrogen) atoms. The van der Waals surface area contributed by atoms with Crippen molar-refractivity contribution in [3.8, 4) is 0 Å². The second kappa shape index (κ2) is 2.76. The van der Waals surface area contributed by atoms with Gasteiger partial charge >= 0.3 is 78.7 Å². The van der Waals surface area contributed by atoms with Gasteiger partial charge in [-0.1, -0.05) is 0 Å². The molecule has 0 N–H and O–H groups in total. The zero-order chi connectivity index (χ0) is 8.72. The van der Waals surface area contributed by atoms with Crippen LogP contribution in [0.15, 0.2) is 18.2 Å². The topological polar surface area (TPSA) is 0 Å². The molecule has 0 amide bonds. The third-order valence-corrected chi connectivity index (χ3v) is 4.38. The van der Waals surface area contributed by atoms with Crippen LogP contribution < -0.4 is 0 Å². The molecule has 0 aliphatic rings. The normalized spacial score (nSPS) is 10.9. The Morgan fingerprint density at radius 1 is 0.917 bits per heavy atom. The van der Waals surface area contributed by atoms with E-state index in [0.717, 1.165) is 0 Å². The van der Waals surface area contributed by atoms with Crippen molar-refractivity contribution in [2.45, 2.75) is 20.8 Å². The van der Waals surface area contributed by atoms with Gasteiger partial charge in [0.1, 0.15) is 0 Å². The molecule has 0 radical (unpaired) electrons. The van der Waals surface area contributed by atoms with Crippen molar-refractivity contribution >= 4 is 24.1 Å². The van der Waals surface area contributed by atoms with E-state index in [-0.39, 0.29) is 0 Å². The molecule has 1 heterocycles. The number of fused-ring (bicyclic) bond motifs is 1. The van der Waals surface area contributed by atoms with Crippen LogP contribution in [0.1, 0.15) is 15.6 Å². The molecule has 0 saturated carbocycles. The molecule has 1 aromatic heterocycles. The number of hydrogen-bond acceptors (Lipinski definition) is 0. The first kappa shape index (κ1) is 8.09. The molecular formula is C11H12Se. The molecule has 0 unspecified atom stereocenters. The predicted molar refractivity (Wildman–Crippen MR) is 55.1 cm³/mol. The summed E-state index contributed by atoms with van der Waals surface area (Å²) in [6, 6.07) is 6.97.